The average molecular weight is 303 g/mol. The van der Waals surface area contributed by atoms with Crippen molar-refractivity contribution in [1.82, 2.24) is 15.8 Å². The van der Waals surface area contributed by atoms with Gasteiger partial charge in [0, 0.05) is 6.20 Å². The maximum Gasteiger partial charge on any atom is 0.288 e. The monoisotopic (exact) mass is 303 g/mol. The first kappa shape index (κ1) is 15.4. The van der Waals surface area contributed by atoms with E-state index in [0.717, 1.165) is 0 Å². The van der Waals surface area contributed by atoms with Crippen molar-refractivity contribution in [1.29, 1.82) is 0 Å². The van der Waals surface area contributed by atoms with E-state index in [1.807, 2.05) is 0 Å². The molecular formula is C15H14FN3O3. The molecule has 6 nitrogen and oxygen atoms in total. The molecule has 1 heterocycles. The first-order chi connectivity index (χ1) is 10.6. The fourth-order valence-corrected chi connectivity index (χ4v) is 1.57. The van der Waals surface area contributed by atoms with Gasteiger partial charge in [-0.05, 0) is 31.2 Å². The van der Waals surface area contributed by atoms with Gasteiger partial charge in [-0.3, -0.25) is 25.4 Å². The third kappa shape index (κ3) is 4.02. The maximum atomic E-state index is 13.4. The van der Waals surface area contributed by atoms with Crippen molar-refractivity contribution in [3.63, 3.8) is 0 Å². The third-order valence-corrected chi connectivity index (χ3v) is 2.71. The Morgan fingerprint density at radius 1 is 1.14 bits per heavy atom. The van der Waals surface area contributed by atoms with Gasteiger partial charge in [0.25, 0.3) is 11.8 Å². The number of hydrogen-bond donors (Lipinski definition) is 2. The van der Waals surface area contributed by atoms with E-state index in [0.29, 0.717) is 0 Å². The van der Waals surface area contributed by atoms with Gasteiger partial charge >= 0.3 is 0 Å². The van der Waals surface area contributed by atoms with E-state index in [9.17, 15) is 14.0 Å². The van der Waals surface area contributed by atoms with Crippen molar-refractivity contribution in [3.05, 3.63) is 60.2 Å². The van der Waals surface area contributed by atoms with E-state index in [4.69, 9.17) is 4.74 Å². The Morgan fingerprint density at radius 2 is 1.86 bits per heavy atom. The number of nitrogens with one attached hydrogen (secondary N) is 2. The summed E-state index contributed by atoms with van der Waals surface area (Å²) in [5.41, 5.74) is 4.56. The highest BCUT2D eigenvalue weighted by atomic mass is 19.1. The van der Waals surface area contributed by atoms with E-state index in [-0.39, 0.29) is 11.4 Å². The van der Waals surface area contributed by atoms with E-state index >= 15 is 0 Å². The lowest BCUT2D eigenvalue weighted by Gasteiger charge is -2.15. The SMILES string of the molecule is CC(Oc1ccccc1F)C(=O)NNC(=O)c1ccccn1. The maximum absolute atomic E-state index is 13.4. The highest BCUT2D eigenvalue weighted by Crippen LogP contribution is 2.16. The molecule has 2 amide bonds. The molecule has 2 N–H and O–H groups in total. The summed E-state index contributed by atoms with van der Waals surface area (Å²) in [6.07, 6.45) is 0.474. The predicted molar refractivity (Wildman–Crippen MR) is 76.3 cm³/mol. The van der Waals surface area contributed by atoms with Crippen LogP contribution in [0.4, 0.5) is 4.39 Å². The normalized spacial score (nSPS) is 11.4. The minimum Gasteiger partial charge on any atom is -0.478 e. The van der Waals surface area contributed by atoms with Crippen LogP contribution in [0.2, 0.25) is 0 Å². The van der Waals surface area contributed by atoms with Crippen LogP contribution >= 0.6 is 0 Å². The molecule has 0 spiro atoms. The number of aromatic nitrogens is 1. The zero-order valence-electron chi connectivity index (χ0n) is 11.7. The number of pyridine rings is 1. The van der Waals surface area contributed by atoms with Crippen LogP contribution in [0.1, 0.15) is 17.4 Å². The van der Waals surface area contributed by atoms with Crippen molar-refractivity contribution in [2.24, 2.45) is 0 Å². The third-order valence-electron chi connectivity index (χ3n) is 2.71. The number of hydrogen-bond acceptors (Lipinski definition) is 4. The molecule has 1 unspecified atom stereocenters. The quantitative estimate of drug-likeness (QED) is 0.838. The topological polar surface area (TPSA) is 80.3 Å². The van der Waals surface area contributed by atoms with Crippen LogP contribution in [-0.4, -0.2) is 22.9 Å². The lowest BCUT2D eigenvalue weighted by atomic mass is 10.3. The number of ether oxygens (including phenoxy) is 1. The molecule has 1 atom stereocenters. The molecule has 2 rings (SSSR count). The Labute approximate surface area is 126 Å². The smallest absolute Gasteiger partial charge is 0.288 e. The van der Waals surface area contributed by atoms with Gasteiger partial charge in [-0.15, -0.1) is 0 Å². The number of para-hydroxylation sites is 1. The Bertz CT molecular complexity index is 664. The van der Waals surface area contributed by atoms with E-state index in [2.05, 4.69) is 15.8 Å². The molecule has 0 aliphatic carbocycles. The Hall–Kier alpha value is -2.96. The molecule has 0 saturated heterocycles. The summed E-state index contributed by atoms with van der Waals surface area (Å²) in [4.78, 5) is 27.3. The largest absolute Gasteiger partial charge is 0.478 e. The van der Waals surface area contributed by atoms with Gasteiger partial charge in [0.2, 0.25) is 0 Å². The molecule has 1 aromatic heterocycles. The number of nitrogens with zero attached hydrogens (tertiary/aromatic N) is 1. The molecule has 0 aliphatic rings. The van der Waals surface area contributed by atoms with Gasteiger partial charge in [-0.1, -0.05) is 18.2 Å². The second-order valence-corrected chi connectivity index (χ2v) is 4.35. The molecule has 0 fully saturated rings. The van der Waals surface area contributed by atoms with E-state index in [1.165, 1.54) is 37.4 Å². The molecule has 2 aromatic rings. The molecule has 0 radical (unpaired) electrons. The fraction of sp³-hybridized carbons (Fsp3) is 0.133. The average Bonchev–Trinajstić information content (AvgIpc) is 2.55. The molecule has 0 bridgehead atoms. The zero-order chi connectivity index (χ0) is 15.9. The van der Waals surface area contributed by atoms with Gasteiger partial charge in [0.1, 0.15) is 5.69 Å². The van der Waals surface area contributed by atoms with Crippen molar-refractivity contribution in [2.75, 3.05) is 0 Å². The number of carbonyl (C=O) groups is 2. The Morgan fingerprint density at radius 3 is 2.55 bits per heavy atom. The van der Waals surface area contributed by atoms with Crippen molar-refractivity contribution >= 4 is 11.8 Å². The minimum absolute atomic E-state index is 0.0406. The molecule has 22 heavy (non-hydrogen) atoms. The summed E-state index contributed by atoms with van der Waals surface area (Å²) in [6, 6.07) is 10.5. The number of hydrazine groups is 1. The highest BCUT2D eigenvalue weighted by molar-refractivity contribution is 5.94. The van der Waals surface area contributed by atoms with Gasteiger partial charge in [-0.25, -0.2) is 4.39 Å². The molecule has 114 valence electrons. The van der Waals surface area contributed by atoms with Gasteiger partial charge in [-0.2, -0.15) is 0 Å². The Kier molecular flexibility index (Phi) is 5.02. The second kappa shape index (κ2) is 7.16. The van der Waals surface area contributed by atoms with Gasteiger partial charge in [0.05, 0.1) is 0 Å². The summed E-state index contributed by atoms with van der Waals surface area (Å²) in [6.45, 7) is 1.44. The molecular weight excluding hydrogens is 289 g/mol. The molecule has 7 heteroatoms. The summed E-state index contributed by atoms with van der Waals surface area (Å²) >= 11 is 0. The van der Waals surface area contributed by atoms with Gasteiger partial charge in [0.15, 0.2) is 17.7 Å². The highest BCUT2D eigenvalue weighted by Gasteiger charge is 2.17. The zero-order valence-corrected chi connectivity index (χ0v) is 11.7. The van der Waals surface area contributed by atoms with Crippen LogP contribution in [0, 0.1) is 5.82 Å². The predicted octanol–water partition coefficient (Wildman–Crippen LogP) is 1.45. The minimum atomic E-state index is -0.985. The summed E-state index contributed by atoms with van der Waals surface area (Å²) in [7, 11) is 0. The molecule has 0 saturated carbocycles. The van der Waals surface area contributed by atoms with E-state index in [1.54, 1.807) is 18.2 Å². The lowest BCUT2D eigenvalue weighted by molar-refractivity contribution is -0.128. The van der Waals surface area contributed by atoms with Crippen LogP contribution < -0.4 is 15.6 Å². The van der Waals surface area contributed by atoms with Crippen LogP contribution in [0.3, 0.4) is 0 Å². The second-order valence-electron chi connectivity index (χ2n) is 4.35. The standard InChI is InChI=1S/C15H14FN3O3/c1-10(22-13-8-3-2-6-11(13)16)14(20)18-19-15(21)12-7-4-5-9-17-12/h2-10H,1H3,(H,18,20)(H,19,21). The molecule has 1 aromatic carbocycles. The first-order valence-electron chi connectivity index (χ1n) is 6.50. The summed E-state index contributed by atoms with van der Waals surface area (Å²) < 4.78 is 18.6. The van der Waals surface area contributed by atoms with E-state index < -0.39 is 23.7 Å². The van der Waals surface area contributed by atoms with Crippen molar-refractivity contribution < 1.29 is 18.7 Å². The van der Waals surface area contributed by atoms with Crippen LogP contribution in [0.15, 0.2) is 48.7 Å². The first-order valence-corrected chi connectivity index (χ1v) is 6.50. The van der Waals surface area contributed by atoms with Gasteiger partial charge < -0.3 is 4.74 Å². The van der Waals surface area contributed by atoms with Crippen LogP contribution in [0.5, 0.6) is 5.75 Å². The summed E-state index contributed by atoms with van der Waals surface area (Å²) in [5, 5.41) is 0. The number of benzene rings is 1. The number of halogens is 1. The molecule has 0 aliphatic heterocycles. The van der Waals surface area contributed by atoms with Crippen molar-refractivity contribution in [3.8, 4) is 5.75 Å². The Balaban J connectivity index is 1.87. The van der Waals surface area contributed by atoms with Crippen LogP contribution in [0.25, 0.3) is 0 Å². The summed E-state index contributed by atoms with van der Waals surface area (Å²) in [5.74, 6) is -1.79. The fourth-order valence-electron chi connectivity index (χ4n) is 1.57. The number of rotatable bonds is 4. The number of carbonyl (C=O) groups excluding carboxylic acids is 2. The lowest BCUT2D eigenvalue weighted by Crippen LogP contribution is -2.47. The van der Waals surface area contributed by atoms with Crippen LogP contribution in [-0.2, 0) is 4.79 Å². The van der Waals surface area contributed by atoms with Crippen molar-refractivity contribution in [2.45, 2.75) is 13.0 Å². The number of amides is 2.